The molecule has 4 nitrogen and oxygen atoms in total. The van der Waals surface area contributed by atoms with Gasteiger partial charge >= 0.3 is 0 Å². The van der Waals surface area contributed by atoms with Crippen molar-refractivity contribution in [3.05, 3.63) is 63.6 Å². The number of benzene rings is 2. The summed E-state index contributed by atoms with van der Waals surface area (Å²) in [6.45, 7) is 0.986. The third kappa shape index (κ3) is 5.22. The van der Waals surface area contributed by atoms with Crippen LogP contribution < -0.4 is 4.74 Å². The van der Waals surface area contributed by atoms with Gasteiger partial charge in [-0.3, -0.25) is 0 Å². The molecule has 0 spiro atoms. The number of piperidine rings is 1. The normalized spacial score (nSPS) is 16.5. The third-order valence-corrected chi connectivity index (χ3v) is 7.20. The van der Waals surface area contributed by atoms with Gasteiger partial charge in [0.15, 0.2) is 0 Å². The molecule has 140 valence electrons. The molecule has 0 aromatic heterocycles. The first-order valence-corrected chi connectivity index (χ1v) is 11.4. The minimum Gasteiger partial charge on any atom is -0.489 e. The maximum Gasteiger partial charge on any atom is 0.214 e. The fourth-order valence-electron chi connectivity index (χ4n) is 3.00. The van der Waals surface area contributed by atoms with Gasteiger partial charge in [-0.05, 0) is 59.0 Å². The molecule has 0 amide bonds. The Kier molecular flexibility index (Phi) is 6.61. The Morgan fingerprint density at radius 1 is 1.12 bits per heavy atom. The molecule has 7 heteroatoms. The van der Waals surface area contributed by atoms with E-state index in [1.807, 2.05) is 36.4 Å². The lowest BCUT2D eigenvalue weighted by Crippen LogP contribution is -2.43. The quantitative estimate of drug-likeness (QED) is 0.639. The second-order valence-corrected chi connectivity index (χ2v) is 9.72. The smallest absolute Gasteiger partial charge is 0.214 e. The van der Waals surface area contributed by atoms with E-state index in [-0.39, 0.29) is 11.9 Å². The van der Waals surface area contributed by atoms with Gasteiger partial charge in [-0.15, -0.1) is 0 Å². The summed E-state index contributed by atoms with van der Waals surface area (Å²) < 4.78 is 33.6. The summed E-state index contributed by atoms with van der Waals surface area (Å²) in [7, 11) is -3.24. The third-order valence-electron chi connectivity index (χ3n) is 4.47. The summed E-state index contributed by atoms with van der Waals surface area (Å²) in [5.41, 5.74) is 1.04. The maximum atomic E-state index is 12.6. The van der Waals surface area contributed by atoms with Crippen molar-refractivity contribution in [3.8, 4) is 5.75 Å². The molecule has 0 N–H and O–H groups in total. The largest absolute Gasteiger partial charge is 0.489 e. The van der Waals surface area contributed by atoms with E-state index in [1.54, 1.807) is 16.4 Å². The standard InChI is InChI=1S/C19H21BrClNO3S/c20-18-14-16(21)6-7-19(18)25-17-8-11-22(12-9-17)26(23,24)13-10-15-4-2-1-3-5-15/h1-7,14,17H,8-13H2. The van der Waals surface area contributed by atoms with Crippen LogP contribution in [0.1, 0.15) is 18.4 Å². The molecule has 0 unspecified atom stereocenters. The summed E-state index contributed by atoms with van der Waals surface area (Å²) in [4.78, 5) is 0. The maximum absolute atomic E-state index is 12.6. The van der Waals surface area contributed by atoms with Gasteiger partial charge in [-0.2, -0.15) is 0 Å². The summed E-state index contributed by atoms with van der Waals surface area (Å²) in [6.07, 6.45) is 1.91. The van der Waals surface area contributed by atoms with Crippen molar-refractivity contribution >= 4 is 37.6 Å². The average molecular weight is 459 g/mol. The molecule has 1 aliphatic rings. The van der Waals surface area contributed by atoms with Gasteiger partial charge in [0.1, 0.15) is 11.9 Å². The summed E-state index contributed by atoms with van der Waals surface area (Å²) in [6, 6.07) is 15.1. The molecule has 0 aliphatic carbocycles. The van der Waals surface area contributed by atoms with Gasteiger partial charge in [0.25, 0.3) is 0 Å². The Morgan fingerprint density at radius 3 is 2.46 bits per heavy atom. The van der Waals surface area contributed by atoms with Crippen LogP contribution in [0.3, 0.4) is 0 Å². The molecular formula is C19H21BrClNO3S. The molecule has 0 saturated carbocycles. The van der Waals surface area contributed by atoms with Gasteiger partial charge in [0, 0.05) is 18.1 Å². The van der Waals surface area contributed by atoms with Crippen LogP contribution in [0.15, 0.2) is 53.0 Å². The number of hydrogen-bond donors (Lipinski definition) is 0. The van der Waals surface area contributed by atoms with Crippen LogP contribution in [0.2, 0.25) is 5.02 Å². The predicted molar refractivity (Wildman–Crippen MR) is 108 cm³/mol. The average Bonchev–Trinajstić information content (AvgIpc) is 2.64. The zero-order valence-electron chi connectivity index (χ0n) is 14.3. The Hall–Kier alpha value is -1.08. The van der Waals surface area contributed by atoms with Crippen LogP contribution in [0.5, 0.6) is 5.75 Å². The molecule has 1 saturated heterocycles. The molecule has 26 heavy (non-hydrogen) atoms. The van der Waals surface area contributed by atoms with Crippen LogP contribution in [0, 0.1) is 0 Å². The number of ether oxygens (including phenoxy) is 1. The summed E-state index contributed by atoms with van der Waals surface area (Å²) >= 11 is 9.39. The highest BCUT2D eigenvalue weighted by Crippen LogP contribution is 2.30. The van der Waals surface area contributed by atoms with Crippen LogP contribution in [-0.2, 0) is 16.4 Å². The summed E-state index contributed by atoms with van der Waals surface area (Å²) in [5, 5.41) is 0.642. The predicted octanol–water partition coefficient (Wildman–Crippen LogP) is 4.52. The second-order valence-electron chi connectivity index (χ2n) is 6.34. The number of halogens is 2. The van der Waals surface area contributed by atoms with E-state index in [4.69, 9.17) is 16.3 Å². The highest BCUT2D eigenvalue weighted by Gasteiger charge is 2.28. The SMILES string of the molecule is O=S(=O)(CCc1ccccc1)N1CCC(Oc2ccc(Cl)cc2Br)CC1. The zero-order valence-corrected chi connectivity index (χ0v) is 17.4. The van der Waals surface area contributed by atoms with E-state index in [0.29, 0.717) is 37.4 Å². The first kappa shape index (κ1) is 19.7. The van der Waals surface area contributed by atoms with E-state index in [2.05, 4.69) is 15.9 Å². The minimum atomic E-state index is -3.24. The summed E-state index contributed by atoms with van der Waals surface area (Å²) in [5.74, 6) is 0.880. The molecule has 3 rings (SSSR count). The Bertz CT molecular complexity index is 837. The molecule has 1 heterocycles. The van der Waals surface area contributed by atoms with Crippen molar-refractivity contribution in [2.45, 2.75) is 25.4 Å². The Morgan fingerprint density at radius 2 is 1.81 bits per heavy atom. The number of rotatable bonds is 6. The lowest BCUT2D eigenvalue weighted by atomic mass is 10.1. The highest BCUT2D eigenvalue weighted by atomic mass is 79.9. The molecule has 1 fully saturated rings. The fraction of sp³-hybridized carbons (Fsp3) is 0.368. The van der Waals surface area contributed by atoms with E-state index in [1.165, 1.54) is 0 Å². The van der Waals surface area contributed by atoms with Gasteiger partial charge in [-0.1, -0.05) is 41.9 Å². The molecule has 0 atom stereocenters. The van der Waals surface area contributed by atoms with Gasteiger partial charge in [0.2, 0.25) is 10.0 Å². The van der Waals surface area contributed by atoms with E-state index < -0.39 is 10.0 Å². The zero-order chi connectivity index (χ0) is 18.6. The number of hydrogen-bond acceptors (Lipinski definition) is 3. The van der Waals surface area contributed by atoms with E-state index >= 15 is 0 Å². The van der Waals surface area contributed by atoms with Crippen molar-refractivity contribution in [2.75, 3.05) is 18.8 Å². The van der Waals surface area contributed by atoms with Crippen molar-refractivity contribution < 1.29 is 13.2 Å². The molecule has 2 aromatic carbocycles. The van der Waals surface area contributed by atoms with Crippen molar-refractivity contribution in [1.82, 2.24) is 4.31 Å². The molecule has 0 bridgehead atoms. The monoisotopic (exact) mass is 457 g/mol. The van der Waals surface area contributed by atoms with Crippen LogP contribution in [-0.4, -0.2) is 37.7 Å². The van der Waals surface area contributed by atoms with Gasteiger partial charge in [-0.25, -0.2) is 12.7 Å². The minimum absolute atomic E-state index is 0.00745. The van der Waals surface area contributed by atoms with Crippen LogP contribution >= 0.6 is 27.5 Å². The lowest BCUT2D eigenvalue weighted by Gasteiger charge is -2.31. The molecule has 1 aliphatic heterocycles. The number of aryl methyl sites for hydroxylation is 1. The first-order chi connectivity index (χ1) is 12.4. The molecule has 2 aromatic rings. The second kappa shape index (κ2) is 8.74. The van der Waals surface area contributed by atoms with E-state index in [9.17, 15) is 8.42 Å². The Labute approximate surface area is 168 Å². The van der Waals surface area contributed by atoms with Gasteiger partial charge < -0.3 is 4.74 Å². The highest BCUT2D eigenvalue weighted by molar-refractivity contribution is 9.10. The van der Waals surface area contributed by atoms with Crippen molar-refractivity contribution in [3.63, 3.8) is 0 Å². The van der Waals surface area contributed by atoms with E-state index in [0.717, 1.165) is 15.8 Å². The first-order valence-electron chi connectivity index (χ1n) is 8.57. The topological polar surface area (TPSA) is 46.6 Å². The Balaban J connectivity index is 1.52. The van der Waals surface area contributed by atoms with Crippen molar-refractivity contribution in [1.29, 1.82) is 0 Å². The fourth-order valence-corrected chi connectivity index (χ4v) is 5.29. The number of nitrogens with zero attached hydrogens (tertiary/aromatic N) is 1. The van der Waals surface area contributed by atoms with Crippen molar-refractivity contribution in [2.24, 2.45) is 0 Å². The van der Waals surface area contributed by atoms with Crippen LogP contribution in [0.4, 0.5) is 0 Å². The lowest BCUT2D eigenvalue weighted by molar-refractivity contribution is 0.134. The molecular weight excluding hydrogens is 438 g/mol. The number of sulfonamides is 1. The molecule has 0 radical (unpaired) electrons. The van der Waals surface area contributed by atoms with Crippen LogP contribution in [0.25, 0.3) is 0 Å². The van der Waals surface area contributed by atoms with Gasteiger partial charge in [0.05, 0.1) is 10.2 Å².